The van der Waals surface area contributed by atoms with Gasteiger partial charge in [0.15, 0.2) is 9.84 Å². The fraction of sp³-hybridized carbons (Fsp3) is 1.00. The first-order valence-corrected chi connectivity index (χ1v) is 6.90. The summed E-state index contributed by atoms with van der Waals surface area (Å²) in [5.74, 6) is 1.03. The maximum atomic E-state index is 11.8. The molecule has 1 rings (SSSR count). The predicted octanol–water partition coefficient (Wildman–Crippen LogP) is 1.18. The maximum Gasteiger partial charge on any atom is 0.155 e. The van der Waals surface area contributed by atoms with Crippen molar-refractivity contribution in [3.8, 4) is 0 Å². The van der Waals surface area contributed by atoms with E-state index in [2.05, 4.69) is 6.92 Å². The number of hydrogen-bond donors (Lipinski definition) is 1. The summed E-state index contributed by atoms with van der Waals surface area (Å²) in [5.41, 5.74) is 5.50. The van der Waals surface area contributed by atoms with Gasteiger partial charge in [0, 0.05) is 0 Å². The van der Waals surface area contributed by atoms with Crippen LogP contribution in [-0.2, 0) is 9.84 Å². The van der Waals surface area contributed by atoms with Gasteiger partial charge < -0.3 is 5.73 Å². The van der Waals surface area contributed by atoms with E-state index in [0.29, 0.717) is 18.2 Å². The lowest BCUT2D eigenvalue weighted by molar-refractivity contribution is 0.287. The summed E-state index contributed by atoms with van der Waals surface area (Å²) in [4.78, 5) is 0. The standard InChI is InChI=1S/C10H21NO2S/c1-8(4-6-11)9-5-7-14(12,13)10(9,2)3/h8-9H,4-7,11H2,1-3H3. The predicted molar refractivity (Wildman–Crippen MR) is 58.8 cm³/mol. The van der Waals surface area contributed by atoms with Gasteiger partial charge in [0.1, 0.15) is 0 Å². The molecule has 2 N–H and O–H groups in total. The minimum atomic E-state index is -2.88. The first-order valence-electron chi connectivity index (χ1n) is 5.25. The molecule has 0 radical (unpaired) electrons. The molecule has 1 fully saturated rings. The van der Waals surface area contributed by atoms with Crippen LogP contribution in [0.3, 0.4) is 0 Å². The van der Waals surface area contributed by atoms with Crippen LogP contribution in [0.5, 0.6) is 0 Å². The Kier molecular flexibility index (Phi) is 3.26. The topological polar surface area (TPSA) is 60.2 Å². The molecule has 2 unspecified atom stereocenters. The Morgan fingerprint density at radius 1 is 1.50 bits per heavy atom. The molecule has 4 heteroatoms. The molecule has 1 heterocycles. The van der Waals surface area contributed by atoms with Gasteiger partial charge in [0.25, 0.3) is 0 Å². The third-order valence-corrected chi connectivity index (χ3v) is 6.38. The summed E-state index contributed by atoms with van der Waals surface area (Å²) in [6.45, 7) is 6.47. The third kappa shape index (κ3) is 1.82. The minimum absolute atomic E-state index is 0.274. The van der Waals surface area contributed by atoms with Crippen molar-refractivity contribution in [3.05, 3.63) is 0 Å². The van der Waals surface area contributed by atoms with Crippen LogP contribution in [0.15, 0.2) is 0 Å². The van der Waals surface area contributed by atoms with E-state index in [4.69, 9.17) is 5.73 Å². The van der Waals surface area contributed by atoms with E-state index in [0.717, 1.165) is 12.8 Å². The second-order valence-electron chi connectivity index (χ2n) is 4.87. The highest BCUT2D eigenvalue weighted by Crippen LogP contribution is 2.42. The van der Waals surface area contributed by atoms with Crippen molar-refractivity contribution in [3.63, 3.8) is 0 Å². The average molecular weight is 219 g/mol. The molecule has 84 valence electrons. The number of hydrogen-bond acceptors (Lipinski definition) is 3. The lowest BCUT2D eigenvalue weighted by atomic mass is 9.80. The molecule has 3 nitrogen and oxygen atoms in total. The fourth-order valence-corrected chi connectivity index (χ4v) is 4.46. The van der Waals surface area contributed by atoms with Crippen LogP contribution in [0, 0.1) is 11.8 Å². The molecular weight excluding hydrogens is 198 g/mol. The van der Waals surface area contributed by atoms with Crippen molar-refractivity contribution in [1.29, 1.82) is 0 Å². The Labute approximate surface area is 87.0 Å². The number of sulfone groups is 1. The largest absolute Gasteiger partial charge is 0.330 e. The first-order chi connectivity index (χ1) is 6.33. The van der Waals surface area contributed by atoms with Crippen LogP contribution in [0.4, 0.5) is 0 Å². The Morgan fingerprint density at radius 3 is 2.43 bits per heavy atom. The number of nitrogens with two attached hydrogens (primary N) is 1. The van der Waals surface area contributed by atoms with E-state index < -0.39 is 14.6 Å². The Morgan fingerprint density at radius 2 is 2.07 bits per heavy atom. The van der Waals surface area contributed by atoms with E-state index in [1.807, 2.05) is 13.8 Å². The van der Waals surface area contributed by atoms with Gasteiger partial charge in [-0.1, -0.05) is 6.92 Å². The second kappa shape index (κ2) is 3.81. The third-order valence-electron chi connectivity index (χ3n) is 3.70. The summed E-state index contributed by atoms with van der Waals surface area (Å²) in [6, 6.07) is 0. The highest BCUT2D eigenvalue weighted by atomic mass is 32.2. The van der Waals surface area contributed by atoms with E-state index in [1.54, 1.807) is 0 Å². The van der Waals surface area contributed by atoms with Crippen LogP contribution in [0.25, 0.3) is 0 Å². The van der Waals surface area contributed by atoms with Gasteiger partial charge in [-0.15, -0.1) is 0 Å². The van der Waals surface area contributed by atoms with Crippen molar-refractivity contribution in [2.24, 2.45) is 17.6 Å². The zero-order chi connectivity index (χ0) is 11.0. The first kappa shape index (κ1) is 12.0. The SMILES string of the molecule is CC(CCN)C1CCS(=O)(=O)C1(C)C. The normalized spacial score (nSPS) is 31.6. The zero-order valence-corrected chi connectivity index (χ0v) is 10.1. The summed E-state index contributed by atoms with van der Waals surface area (Å²) in [6.07, 6.45) is 1.72. The molecule has 1 aliphatic rings. The lowest BCUT2D eigenvalue weighted by Gasteiger charge is -2.30. The van der Waals surface area contributed by atoms with Gasteiger partial charge >= 0.3 is 0 Å². The van der Waals surface area contributed by atoms with Gasteiger partial charge in [0.05, 0.1) is 10.5 Å². The average Bonchev–Trinajstić information content (AvgIpc) is 2.23. The zero-order valence-electron chi connectivity index (χ0n) is 9.29. The number of rotatable bonds is 3. The summed E-state index contributed by atoms with van der Waals surface area (Å²) in [5, 5.41) is 0. The van der Waals surface area contributed by atoms with Crippen molar-refractivity contribution in [2.75, 3.05) is 12.3 Å². The highest BCUT2D eigenvalue weighted by Gasteiger charge is 2.48. The van der Waals surface area contributed by atoms with Crippen molar-refractivity contribution in [2.45, 2.75) is 38.4 Å². The van der Waals surface area contributed by atoms with Gasteiger partial charge in [-0.2, -0.15) is 0 Å². The highest BCUT2D eigenvalue weighted by molar-refractivity contribution is 7.93. The smallest absolute Gasteiger partial charge is 0.155 e. The quantitative estimate of drug-likeness (QED) is 0.775. The summed E-state index contributed by atoms with van der Waals surface area (Å²) in [7, 11) is -2.88. The molecule has 0 spiro atoms. The van der Waals surface area contributed by atoms with E-state index >= 15 is 0 Å². The van der Waals surface area contributed by atoms with Gasteiger partial charge in [-0.25, -0.2) is 8.42 Å². The van der Waals surface area contributed by atoms with Crippen molar-refractivity contribution >= 4 is 9.84 Å². The van der Waals surface area contributed by atoms with Crippen molar-refractivity contribution in [1.82, 2.24) is 0 Å². The molecule has 0 bridgehead atoms. The van der Waals surface area contributed by atoms with Crippen LogP contribution < -0.4 is 5.73 Å². The Bertz CT molecular complexity index is 295. The molecule has 14 heavy (non-hydrogen) atoms. The van der Waals surface area contributed by atoms with E-state index in [-0.39, 0.29) is 5.92 Å². The van der Waals surface area contributed by atoms with Gasteiger partial charge in [-0.05, 0) is 45.1 Å². The molecule has 1 saturated heterocycles. The Balaban J connectivity index is 2.85. The molecule has 0 aliphatic carbocycles. The minimum Gasteiger partial charge on any atom is -0.330 e. The molecule has 0 aromatic heterocycles. The molecule has 0 saturated carbocycles. The van der Waals surface area contributed by atoms with Gasteiger partial charge in [0.2, 0.25) is 0 Å². The molecule has 1 aliphatic heterocycles. The fourth-order valence-electron chi connectivity index (χ4n) is 2.56. The van der Waals surface area contributed by atoms with Crippen LogP contribution in [0.1, 0.15) is 33.6 Å². The van der Waals surface area contributed by atoms with E-state index in [1.165, 1.54) is 0 Å². The molecular formula is C10H21NO2S. The van der Waals surface area contributed by atoms with Crippen LogP contribution in [0.2, 0.25) is 0 Å². The van der Waals surface area contributed by atoms with Gasteiger partial charge in [-0.3, -0.25) is 0 Å². The maximum absolute atomic E-state index is 11.8. The monoisotopic (exact) mass is 219 g/mol. The van der Waals surface area contributed by atoms with Crippen LogP contribution >= 0.6 is 0 Å². The summed E-state index contributed by atoms with van der Waals surface area (Å²) < 4.78 is 23.0. The lowest BCUT2D eigenvalue weighted by Crippen LogP contribution is -2.37. The van der Waals surface area contributed by atoms with E-state index in [9.17, 15) is 8.42 Å². The molecule has 0 aromatic carbocycles. The molecule has 0 aromatic rings. The Hall–Kier alpha value is -0.0900. The second-order valence-corrected chi connectivity index (χ2v) is 7.56. The molecule has 0 amide bonds. The van der Waals surface area contributed by atoms with Crippen LogP contribution in [-0.4, -0.2) is 25.5 Å². The van der Waals surface area contributed by atoms with Crippen molar-refractivity contribution < 1.29 is 8.42 Å². The molecule has 2 atom stereocenters. The summed E-state index contributed by atoms with van der Waals surface area (Å²) >= 11 is 0.